The maximum Gasteiger partial charge on any atom is 0.0880 e. The number of nitrogens with zero attached hydrogens (tertiary/aromatic N) is 1. The third kappa shape index (κ3) is 20.9. The van der Waals surface area contributed by atoms with Gasteiger partial charge in [0.2, 0.25) is 0 Å². The van der Waals surface area contributed by atoms with Gasteiger partial charge in [-0.15, -0.1) is 0 Å². The lowest BCUT2D eigenvalue weighted by atomic mass is 10.0. The fraction of sp³-hybridized carbons (Fsp3) is 1.00. The zero-order valence-corrected chi connectivity index (χ0v) is 19.4. The number of rotatable bonds is 17. The molecule has 0 heterocycles. The van der Waals surface area contributed by atoms with E-state index < -0.39 is 0 Å². The van der Waals surface area contributed by atoms with Crippen LogP contribution in [-0.2, 0) is 0 Å². The van der Waals surface area contributed by atoms with E-state index in [0.717, 1.165) is 5.33 Å². The molecule has 3 heteroatoms. The van der Waals surface area contributed by atoms with Crippen LogP contribution >= 0.6 is 15.9 Å². The second-order valence-electron chi connectivity index (χ2n) is 7.67. The van der Waals surface area contributed by atoms with Gasteiger partial charge in [-0.1, -0.05) is 99.9 Å². The van der Waals surface area contributed by atoms with Gasteiger partial charge >= 0.3 is 0 Å². The maximum atomic E-state index is 3.55. The maximum absolute atomic E-state index is 3.55. The monoisotopic (exact) mass is 455 g/mol. The summed E-state index contributed by atoms with van der Waals surface area (Å²) in [6.07, 6.45) is 20.3. The first kappa shape index (κ1) is 26.2. The number of quaternary nitrogens is 1. The third-order valence-corrected chi connectivity index (χ3v) is 5.16. The molecular formula is C20H43Br2N. The van der Waals surface area contributed by atoms with Gasteiger partial charge in [0.15, 0.2) is 0 Å². The van der Waals surface area contributed by atoms with Crippen LogP contribution in [0.4, 0.5) is 0 Å². The van der Waals surface area contributed by atoms with Gasteiger partial charge in [-0.05, 0) is 12.8 Å². The predicted octanol–water partition coefficient (Wildman–Crippen LogP) is 3.94. The smallest absolute Gasteiger partial charge is 0.0880 e. The number of alkyl halides is 1. The number of unbranched alkanes of at least 4 members (excludes halogenated alkanes) is 13. The minimum Gasteiger partial charge on any atom is -1.00 e. The van der Waals surface area contributed by atoms with Crippen molar-refractivity contribution >= 4 is 15.9 Å². The van der Waals surface area contributed by atoms with Crippen molar-refractivity contribution in [3.63, 3.8) is 0 Å². The van der Waals surface area contributed by atoms with Gasteiger partial charge in [0.1, 0.15) is 0 Å². The van der Waals surface area contributed by atoms with E-state index in [1.54, 1.807) is 0 Å². The van der Waals surface area contributed by atoms with Crippen LogP contribution in [0, 0.1) is 0 Å². The van der Waals surface area contributed by atoms with Crippen molar-refractivity contribution in [3.8, 4) is 0 Å². The molecule has 0 saturated carbocycles. The van der Waals surface area contributed by atoms with Gasteiger partial charge in [-0.3, -0.25) is 0 Å². The Morgan fingerprint density at radius 2 is 0.913 bits per heavy atom. The highest BCUT2D eigenvalue weighted by Gasteiger charge is 2.12. The van der Waals surface area contributed by atoms with Crippen LogP contribution in [0.1, 0.15) is 96.8 Å². The Bertz CT molecular complexity index is 220. The van der Waals surface area contributed by atoms with E-state index >= 15 is 0 Å². The lowest BCUT2D eigenvalue weighted by Gasteiger charge is -2.29. The number of hydrogen-bond donors (Lipinski definition) is 0. The van der Waals surface area contributed by atoms with E-state index in [9.17, 15) is 0 Å². The molecule has 0 aromatic heterocycles. The highest BCUT2D eigenvalue weighted by Crippen LogP contribution is 2.13. The molecule has 0 aliphatic carbocycles. The SMILES string of the molecule is CCCCCCCCCCCCCCCC[N+](C)(C)CCBr.[Br-]. The molecular weight excluding hydrogens is 414 g/mol. The van der Waals surface area contributed by atoms with Gasteiger partial charge in [-0.2, -0.15) is 0 Å². The van der Waals surface area contributed by atoms with Crippen LogP contribution in [0.3, 0.4) is 0 Å². The molecule has 0 bridgehead atoms. The van der Waals surface area contributed by atoms with Gasteiger partial charge < -0.3 is 21.5 Å². The Labute approximate surface area is 166 Å². The molecule has 0 aromatic rings. The summed E-state index contributed by atoms with van der Waals surface area (Å²) in [5, 5.41) is 1.12. The highest BCUT2D eigenvalue weighted by molar-refractivity contribution is 9.09. The first-order valence-corrected chi connectivity index (χ1v) is 11.1. The average molecular weight is 457 g/mol. The first-order chi connectivity index (χ1) is 10.6. The van der Waals surface area contributed by atoms with Crippen molar-refractivity contribution in [2.24, 2.45) is 0 Å². The van der Waals surface area contributed by atoms with Crippen molar-refractivity contribution in [2.75, 3.05) is 32.5 Å². The average Bonchev–Trinajstić information content (AvgIpc) is 2.47. The molecule has 0 radical (unpaired) electrons. The van der Waals surface area contributed by atoms with Crippen molar-refractivity contribution < 1.29 is 21.5 Å². The molecule has 0 aliphatic heterocycles. The lowest BCUT2D eigenvalue weighted by molar-refractivity contribution is -0.887. The number of halogens is 2. The Morgan fingerprint density at radius 1 is 0.565 bits per heavy atom. The third-order valence-electron chi connectivity index (χ3n) is 4.81. The summed E-state index contributed by atoms with van der Waals surface area (Å²) in [5.74, 6) is 0. The highest BCUT2D eigenvalue weighted by atomic mass is 79.9. The molecule has 0 unspecified atom stereocenters. The molecule has 0 fully saturated rings. The van der Waals surface area contributed by atoms with Crippen LogP contribution < -0.4 is 17.0 Å². The van der Waals surface area contributed by atoms with Gasteiger partial charge in [0.05, 0.1) is 32.5 Å². The lowest BCUT2D eigenvalue weighted by Crippen LogP contribution is -3.00. The molecule has 0 rings (SSSR count). The van der Waals surface area contributed by atoms with Crippen LogP contribution in [0.25, 0.3) is 0 Å². The Morgan fingerprint density at radius 3 is 1.26 bits per heavy atom. The zero-order valence-electron chi connectivity index (χ0n) is 16.2. The molecule has 0 spiro atoms. The Hall–Kier alpha value is 0.920. The summed E-state index contributed by atoms with van der Waals surface area (Å²) in [7, 11) is 4.70. The fourth-order valence-corrected chi connectivity index (χ4v) is 4.04. The second-order valence-corrected chi connectivity index (χ2v) is 8.46. The Balaban J connectivity index is 0. The number of hydrogen-bond acceptors (Lipinski definition) is 0. The normalized spacial score (nSPS) is 11.5. The van der Waals surface area contributed by atoms with Gasteiger partial charge in [-0.25, -0.2) is 0 Å². The van der Waals surface area contributed by atoms with Crippen molar-refractivity contribution in [1.82, 2.24) is 0 Å². The van der Waals surface area contributed by atoms with Gasteiger partial charge in [0, 0.05) is 0 Å². The van der Waals surface area contributed by atoms with E-state index in [2.05, 4.69) is 36.9 Å². The van der Waals surface area contributed by atoms with Crippen molar-refractivity contribution in [3.05, 3.63) is 0 Å². The van der Waals surface area contributed by atoms with Crippen LogP contribution in [-0.4, -0.2) is 37.0 Å². The molecule has 0 aliphatic rings. The van der Waals surface area contributed by atoms with Gasteiger partial charge in [0.25, 0.3) is 0 Å². The van der Waals surface area contributed by atoms with E-state index in [-0.39, 0.29) is 17.0 Å². The molecule has 1 nitrogen and oxygen atoms in total. The van der Waals surface area contributed by atoms with Crippen LogP contribution in [0.2, 0.25) is 0 Å². The van der Waals surface area contributed by atoms with Crippen molar-refractivity contribution in [2.45, 2.75) is 96.8 Å². The van der Waals surface area contributed by atoms with E-state index in [0.29, 0.717) is 0 Å². The Kier molecular flexibility index (Phi) is 21.9. The second kappa shape index (κ2) is 19.2. The fourth-order valence-electron chi connectivity index (χ4n) is 3.07. The molecule has 0 amide bonds. The molecule has 0 aromatic carbocycles. The van der Waals surface area contributed by atoms with E-state index in [4.69, 9.17) is 0 Å². The first-order valence-electron chi connectivity index (χ1n) is 10.0. The molecule has 142 valence electrons. The summed E-state index contributed by atoms with van der Waals surface area (Å²) in [4.78, 5) is 0. The predicted molar refractivity (Wildman–Crippen MR) is 106 cm³/mol. The summed E-state index contributed by atoms with van der Waals surface area (Å²) >= 11 is 3.55. The molecule has 0 saturated heterocycles. The minimum atomic E-state index is 0. The topological polar surface area (TPSA) is 0 Å². The van der Waals surface area contributed by atoms with Crippen LogP contribution in [0.15, 0.2) is 0 Å². The van der Waals surface area contributed by atoms with E-state index in [1.165, 1.54) is 107 Å². The largest absolute Gasteiger partial charge is 1.00 e. The van der Waals surface area contributed by atoms with Crippen LogP contribution in [0.5, 0.6) is 0 Å². The minimum absolute atomic E-state index is 0. The summed E-state index contributed by atoms with van der Waals surface area (Å²) in [6.45, 7) is 4.88. The molecule has 23 heavy (non-hydrogen) atoms. The van der Waals surface area contributed by atoms with E-state index in [1.807, 2.05) is 0 Å². The quantitative estimate of drug-likeness (QED) is 0.176. The summed E-state index contributed by atoms with van der Waals surface area (Å²) in [5.41, 5.74) is 0. The standard InChI is InChI=1S/C20H43BrN.BrH/c1-4-5-6-7-8-9-10-11-12-13-14-15-16-17-19-22(2,3)20-18-21;/h4-20H2,1-3H3;1H/q+1;/p-1. The zero-order chi connectivity index (χ0) is 16.5. The molecule has 0 N–H and O–H groups in total. The van der Waals surface area contributed by atoms with Crippen molar-refractivity contribution in [1.29, 1.82) is 0 Å². The summed E-state index contributed by atoms with van der Waals surface area (Å²) < 4.78 is 1.17. The summed E-state index contributed by atoms with van der Waals surface area (Å²) in [6, 6.07) is 0. The molecule has 0 atom stereocenters.